The van der Waals surface area contributed by atoms with E-state index < -0.39 is 5.41 Å². The van der Waals surface area contributed by atoms with Crippen LogP contribution in [-0.2, 0) is 15.0 Å². The minimum absolute atomic E-state index is 0.0769. The molecule has 2 rings (SSSR count). The first-order valence-corrected chi connectivity index (χ1v) is 8.19. The molecule has 1 unspecified atom stereocenters. The van der Waals surface area contributed by atoms with Crippen LogP contribution < -0.4 is 0 Å². The maximum Gasteiger partial charge on any atom is 0.147 e. The molecule has 2 aromatic rings. The molecule has 23 heavy (non-hydrogen) atoms. The molecule has 0 saturated heterocycles. The normalized spacial score (nSPS) is 13.6. The van der Waals surface area contributed by atoms with Gasteiger partial charge in [-0.05, 0) is 22.6 Å². The van der Waals surface area contributed by atoms with Crippen molar-refractivity contribution in [3.8, 4) is 0 Å². The van der Waals surface area contributed by atoms with Crippen LogP contribution in [0, 0.1) is 0 Å². The van der Waals surface area contributed by atoms with Crippen molar-refractivity contribution < 1.29 is 9.59 Å². The van der Waals surface area contributed by atoms with E-state index in [0.717, 1.165) is 17.4 Å². The predicted octanol–water partition coefficient (Wildman–Crippen LogP) is 4.66. The fraction of sp³-hybridized carbons (Fsp3) is 0.333. The summed E-state index contributed by atoms with van der Waals surface area (Å²) in [5.74, 6) is 0.510. The third-order valence-corrected chi connectivity index (χ3v) is 4.52. The van der Waals surface area contributed by atoms with Crippen molar-refractivity contribution >= 4 is 12.1 Å². The Balaban J connectivity index is 2.65. The topological polar surface area (TPSA) is 34.1 Å². The van der Waals surface area contributed by atoms with Crippen molar-refractivity contribution in [1.82, 2.24) is 0 Å². The summed E-state index contributed by atoms with van der Waals surface area (Å²) in [5.41, 5.74) is 2.13. The van der Waals surface area contributed by atoms with Gasteiger partial charge in [0, 0.05) is 12.8 Å². The van der Waals surface area contributed by atoms with Crippen molar-refractivity contribution in [3.63, 3.8) is 0 Å². The van der Waals surface area contributed by atoms with Gasteiger partial charge in [0.15, 0.2) is 0 Å². The van der Waals surface area contributed by atoms with Crippen molar-refractivity contribution in [2.45, 2.75) is 44.9 Å². The Morgan fingerprint density at radius 2 is 1.57 bits per heavy atom. The minimum atomic E-state index is -0.882. The Kier molecular flexibility index (Phi) is 5.49. The second kappa shape index (κ2) is 7.36. The Morgan fingerprint density at radius 1 is 1.00 bits per heavy atom. The van der Waals surface area contributed by atoms with Gasteiger partial charge in [-0.25, -0.2) is 0 Å². The van der Waals surface area contributed by atoms with Gasteiger partial charge in [0.05, 0.1) is 5.41 Å². The van der Waals surface area contributed by atoms with Crippen LogP contribution in [0.5, 0.6) is 0 Å². The smallest absolute Gasteiger partial charge is 0.147 e. The maximum absolute atomic E-state index is 12.9. The third kappa shape index (κ3) is 3.26. The standard InChI is InChI=1S/C21H24O2/c1-4-20(23)21(14-15-22,18-8-6-5-7-9-18)19-12-10-17(11-13-19)16(2)3/h5-13,15-16H,4,14H2,1-3H3. The van der Waals surface area contributed by atoms with E-state index in [-0.39, 0.29) is 12.2 Å². The van der Waals surface area contributed by atoms with Gasteiger partial charge in [-0.2, -0.15) is 0 Å². The van der Waals surface area contributed by atoms with Crippen molar-refractivity contribution in [3.05, 3.63) is 71.3 Å². The van der Waals surface area contributed by atoms with Gasteiger partial charge in [-0.15, -0.1) is 0 Å². The second-order valence-electron chi connectivity index (χ2n) is 6.20. The quantitative estimate of drug-likeness (QED) is 0.697. The van der Waals surface area contributed by atoms with E-state index >= 15 is 0 Å². The van der Waals surface area contributed by atoms with Gasteiger partial charge in [0.2, 0.25) is 0 Å². The van der Waals surface area contributed by atoms with E-state index in [1.54, 1.807) is 0 Å². The van der Waals surface area contributed by atoms with Crippen LogP contribution in [0.2, 0.25) is 0 Å². The molecule has 1 atom stereocenters. The van der Waals surface area contributed by atoms with E-state index in [9.17, 15) is 9.59 Å². The summed E-state index contributed by atoms with van der Waals surface area (Å²) in [7, 11) is 0. The van der Waals surface area contributed by atoms with Crippen LogP contribution in [0.3, 0.4) is 0 Å². The molecule has 0 spiro atoms. The van der Waals surface area contributed by atoms with E-state index in [1.807, 2.05) is 49.4 Å². The maximum atomic E-state index is 12.9. The summed E-state index contributed by atoms with van der Waals surface area (Å²) in [5, 5.41) is 0. The lowest BCUT2D eigenvalue weighted by Crippen LogP contribution is -2.37. The van der Waals surface area contributed by atoms with Crippen LogP contribution in [0.4, 0.5) is 0 Å². The van der Waals surface area contributed by atoms with Crippen LogP contribution >= 0.6 is 0 Å². The molecule has 0 saturated carbocycles. The van der Waals surface area contributed by atoms with Crippen molar-refractivity contribution in [2.24, 2.45) is 0 Å². The first kappa shape index (κ1) is 17.1. The highest BCUT2D eigenvalue weighted by atomic mass is 16.1. The molecular formula is C21H24O2. The minimum Gasteiger partial charge on any atom is -0.303 e. The molecule has 0 heterocycles. The predicted molar refractivity (Wildman–Crippen MR) is 93.7 cm³/mol. The van der Waals surface area contributed by atoms with Gasteiger partial charge in [-0.3, -0.25) is 4.79 Å². The molecule has 0 aliphatic heterocycles. The molecule has 0 bridgehead atoms. The first-order chi connectivity index (χ1) is 11.1. The molecule has 120 valence electrons. The summed E-state index contributed by atoms with van der Waals surface area (Å²) in [6, 6.07) is 17.8. The zero-order chi connectivity index (χ0) is 16.9. The largest absolute Gasteiger partial charge is 0.303 e. The zero-order valence-electron chi connectivity index (χ0n) is 14.1. The first-order valence-electron chi connectivity index (χ1n) is 8.19. The SMILES string of the molecule is CCC(=O)C(CC=O)(c1ccccc1)c1ccc(C(C)C)cc1. The lowest BCUT2D eigenvalue weighted by atomic mass is 9.68. The highest BCUT2D eigenvalue weighted by Crippen LogP contribution is 2.37. The van der Waals surface area contributed by atoms with Crippen LogP contribution in [-0.4, -0.2) is 12.1 Å². The number of hydrogen-bond donors (Lipinski definition) is 0. The number of ketones is 1. The lowest BCUT2D eigenvalue weighted by Gasteiger charge is -2.32. The average Bonchev–Trinajstić information content (AvgIpc) is 2.60. The fourth-order valence-electron chi connectivity index (χ4n) is 3.14. The number of carbonyl (C=O) groups excluding carboxylic acids is 2. The molecule has 2 aromatic carbocycles. The van der Waals surface area contributed by atoms with E-state index in [2.05, 4.69) is 26.0 Å². The number of hydrogen-bond acceptors (Lipinski definition) is 2. The third-order valence-electron chi connectivity index (χ3n) is 4.52. The highest BCUT2D eigenvalue weighted by Gasteiger charge is 2.40. The molecule has 2 heteroatoms. The molecular weight excluding hydrogens is 284 g/mol. The number of carbonyl (C=O) groups is 2. The molecule has 0 fully saturated rings. The number of rotatable bonds is 7. The van der Waals surface area contributed by atoms with Crippen molar-refractivity contribution in [1.29, 1.82) is 0 Å². The van der Waals surface area contributed by atoms with Gasteiger partial charge < -0.3 is 4.79 Å². The summed E-state index contributed by atoms with van der Waals surface area (Å²) >= 11 is 0. The van der Waals surface area contributed by atoms with Crippen LogP contribution in [0.1, 0.15) is 56.2 Å². The molecule has 0 radical (unpaired) electrons. The highest BCUT2D eigenvalue weighted by molar-refractivity contribution is 5.95. The van der Waals surface area contributed by atoms with Crippen LogP contribution in [0.25, 0.3) is 0 Å². The Morgan fingerprint density at radius 3 is 2.04 bits per heavy atom. The Labute approximate surface area is 138 Å². The number of aldehydes is 1. The second-order valence-corrected chi connectivity index (χ2v) is 6.20. The van der Waals surface area contributed by atoms with Crippen LogP contribution in [0.15, 0.2) is 54.6 Å². The number of benzene rings is 2. The fourth-order valence-corrected chi connectivity index (χ4v) is 3.14. The summed E-state index contributed by atoms with van der Waals surface area (Å²) in [6.45, 7) is 6.14. The van der Waals surface area contributed by atoms with Gasteiger partial charge in [0.1, 0.15) is 12.1 Å². The molecule has 0 aliphatic rings. The number of Topliss-reactive ketones (excluding diaryl/α,β-unsaturated/α-hetero) is 1. The summed E-state index contributed by atoms with van der Waals surface area (Å²) in [6.07, 6.45) is 1.43. The monoisotopic (exact) mass is 308 g/mol. The van der Waals surface area contributed by atoms with E-state index in [4.69, 9.17) is 0 Å². The summed E-state index contributed by atoms with van der Waals surface area (Å²) in [4.78, 5) is 24.3. The molecule has 0 amide bonds. The lowest BCUT2D eigenvalue weighted by molar-refractivity contribution is -0.125. The molecule has 2 nitrogen and oxygen atoms in total. The van der Waals surface area contributed by atoms with Gasteiger partial charge in [0.25, 0.3) is 0 Å². The Hall–Kier alpha value is -2.22. The Bertz CT molecular complexity index is 656. The van der Waals surface area contributed by atoms with E-state index in [1.165, 1.54) is 5.56 Å². The van der Waals surface area contributed by atoms with Crippen molar-refractivity contribution in [2.75, 3.05) is 0 Å². The molecule has 0 N–H and O–H groups in total. The molecule has 0 aromatic heterocycles. The summed E-state index contributed by atoms with van der Waals surface area (Å²) < 4.78 is 0. The molecule has 0 aliphatic carbocycles. The zero-order valence-corrected chi connectivity index (χ0v) is 14.1. The van der Waals surface area contributed by atoms with E-state index in [0.29, 0.717) is 12.3 Å². The average molecular weight is 308 g/mol. The van der Waals surface area contributed by atoms with Gasteiger partial charge >= 0.3 is 0 Å². The van der Waals surface area contributed by atoms with Gasteiger partial charge in [-0.1, -0.05) is 75.4 Å².